The van der Waals surface area contributed by atoms with Gasteiger partial charge in [-0.3, -0.25) is 9.59 Å². The molecule has 0 unspecified atom stereocenters. The summed E-state index contributed by atoms with van der Waals surface area (Å²) in [6.07, 6.45) is 8.17. The molecule has 28 heavy (non-hydrogen) atoms. The van der Waals surface area contributed by atoms with Crippen LogP contribution in [-0.4, -0.2) is 45.9 Å². The van der Waals surface area contributed by atoms with Gasteiger partial charge in [0.15, 0.2) is 0 Å². The summed E-state index contributed by atoms with van der Waals surface area (Å²) in [5.41, 5.74) is 1.16. The highest BCUT2D eigenvalue weighted by Gasteiger charge is 2.24. The van der Waals surface area contributed by atoms with Crippen molar-refractivity contribution in [1.29, 1.82) is 0 Å². The fourth-order valence-electron chi connectivity index (χ4n) is 3.93. The summed E-state index contributed by atoms with van der Waals surface area (Å²) in [7, 11) is 0. The molecule has 0 saturated heterocycles. The lowest BCUT2D eigenvalue weighted by molar-refractivity contribution is -0.122. The van der Waals surface area contributed by atoms with Crippen molar-refractivity contribution in [1.82, 2.24) is 20.0 Å². The quantitative estimate of drug-likeness (QED) is 0.849. The summed E-state index contributed by atoms with van der Waals surface area (Å²) in [5.74, 6) is -0.163. The summed E-state index contributed by atoms with van der Waals surface area (Å²) in [4.78, 5) is 38.3. The second-order valence-corrected chi connectivity index (χ2v) is 7.59. The van der Waals surface area contributed by atoms with Gasteiger partial charge in [0.1, 0.15) is 6.54 Å². The predicted octanol–water partition coefficient (Wildman–Crippen LogP) is 1.99. The molecule has 0 atom stereocenters. The van der Waals surface area contributed by atoms with Crippen molar-refractivity contribution in [3.63, 3.8) is 0 Å². The average molecular weight is 390 g/mol. The van der Waals surface area contributed by atoms with Crippen LogP contribution in [0.4, 0.5) is 4.79 Å². The predicted molar refractivity (Wildman–Crippen MR) is 104 cm³/mol. The van der Waals surface area contributed by atoms with Gasteiger partial charge in [-0.05, 0) is 19.8 Å². The second-order valence-electron chi connectivity index (χ2n) is 7.59. The first-order chi connectivity index (χ1) is 13.6. The highest BCUT2D eigenvalue weighted by atomic mass is 16.6. The zero-order valence-corrected chi connectivity index (χ0v) is 16.6. The minimum absolute atomic E-state index is 0.0653. The number of fused-ring (bicyclic) bond motifs is 1. The number of amides is 2. The van der Waals surface area contributed by atoms with Crippen molar-refractivity contribution in [3.8, 4) is 0 Å². The molecule has 2 aliphatic rings. The Hall–Kier alpha value is -2.38. The topological polar surface area (TPSA) is 93.5 Å². The Morgan fingerprint density at radius 3 is 2.64 bits per heavy atom. The maximum atomic E-state index is 12.4. The monoisotopic (exact) mass is 390 g/mol. The fraction of sp³-hybridized carbons (Fsp3) is 0.700. The van der Waals surface area contributed by atoms with Gasteiger partial charge in [-0.2, -0.15) is 5.10 Å². The van der Waals surface area contributed by atoms with Crippen LogP contribution >= 0.6 is 0 Å². The maximum absolute atomic E-state index is 12.4. The van der Waals surface area contributed by atoms with E-state index in [0.717, 1.165) is 36.9 Å². The van der Waals surface area contributed by atoms with Gasteiger partial charge in [0.25, 0.3) is 5.56 Å². The molecule has 2 heterocycles. The van der Waals surface area contributed by atoms with Gasteiger partial charge in [-0.15, -0.1) is 0 Å². The SMILES string of the molecule is CCOC(=O)N1CCc2nn(CC(=O)NC3CCCCCCC3)c(=O)cc2C1. The van der Waals surface area contributed by atoms with E-state index in [2.05, 4.69) is 10.4 Å². The molecule has 3 rings (SSSR count). The van der Waals surface area contributed by atoms with Gasteiger partial charge in [-0.1, -0.05) is 32.1 Å². The number of ether oxygens (including phenoxy) is 1. The molecule has 1 fully saturated rings. The molecule has 154 valence electrons. The largest absolute Gasteiger partial charge is 0.450 e. The molecular formula is C20H30N4O4. The summed E-state index contributed by atoms with van der Waals surface area (Å²) in [5, 5.41) is 7.45. The third-order valence-electron chi connectivity index (χ3n) is 5.43. The van der Waals surface area contributed by atoms with E-state index < -0.39 is 0 Å². The Labute approximate surface area is 165 Å². The lowest BCUT2D eigenvalue weighted by Crippen LogP contribution is -2.42. The maximum Gasteiger partial charge on any atom is 0.410 e. The molecule has 1 aliphatic heterocycles. The Bertz CT molecular complexity index is 753. The zero-order valence-electron chi connectivity index (χ0n) is 16.6. The highest BCUT2D eigenvalue weighted by molar-refractivity contribution is 5.76. The Kier molecular flexibility index (Phi) is 7.06. The minimum atomic E-state index is -0.379. The fourth-order valence-corrected chi connectivity index (χ4v) is 3.93. The molecule has 8 nitrogen and oxygen atoms in total. The van der Waals surface area contributed by atoms with Crippen LogP contribution in [0.25, 0.3) is 0 Å². The molecular weight excluding hydrogens is 360 g/mol. The van der Waals surface area contributed by atoms with Crippen molar-refractivity contribution < 1.29 is 14.3 Å². The second kappa shape index (κ2) is 9.71. The number of carbonyl (C=O) groups excluding carboxylic acids is 2. The van der Waals surface area contributed by atoms with Gasteiger partial charge in [0.05, 0.1) is 18.8 Å². The van der Waals surface area contributed by atoms with Gasteiger partial charge in [-0.25, -0.2) is 9.48 Å². The summed E-state index contributed by atoms with van der Waals surface area (Å²) in [6, 6.07) is 1.68. The normalized spacial score (nSPS) is 18.0. The number of nitrogens with zero attached hydrogens (tertiary/aromatic N) is 3. The lowest BCUT2D eigenvalue weighted by Gasteiger charge is -2.27. The molecule has 2 amide bonds. The van der Waals surface area contributed by atoms with E-state index in [0.29, 0.717) is 26.1 Å². The lowest BCUT2D eigenvalue weighted by atomic mass is 9.97. The van der Waals surface area contributed by atoms with Crippen LogP contribution in [0, 0.1) is 0 Å². The average Bonchev–Trinajstić information content (AvgIpc) is 2.64. The Morgan fingerprint density at radius 1 is 1.21 bits per heavy atom. The first-order valence-electron chi connectivity index (χ1n) is 10.4. The molecule has 1 aliphatic carbocycles. The number of hydrogen-bond donors (Lipinski definition) is 1. The first-order valence-corrected chi connectivity index (χ1v) is 10.4. The van der Waals surface area contributed by atoms with E-state index in [4.69, 9.17) is 4.74 Å². The van der Waals surface area contributed by atoms with E-state index in [-0.39, 0.29) is 30.1 Å². The minimum Gasteiger partial charge on any atom is -0.450 e. The number of carbonyl (C=O) groups is 2. The Morgan fingerprint density at radius 2 is 1.93 bits per heavy atom. The third kappa shape index (κ3) is 5.33. The van der Waals surface area contributed by atoms with Gasteiger partial charge in [0.2, 0.25) is 5.91 Å². The number of hydrogen-bond acceptors (Lipinski definition) is 5. The van der Waals surface area contributed by atoms with Crippen LogP contribution in [0.15, 0.2) is 10.9 Å². The van der Waals surface area contributed by atoms with Crippen LogP contribution in [0.2, 0.25) is 0 Å². The van der Waals surface area contributed by atoms with Crippen LogP contribution in [0.5, 0.6) is 0 Å². The van der Waals surface area contributed by atoms with Gasteiger partial charge >= 0.3 is 6.09 Å². The summed E-state index contributed by atoms with van der Waals surface area (Å²) in [6.45, 7) is 2.82. The van der Waals surface area contributed by atoms with E-state index >= 15 is 0 Å². The van der Waals surface area contributed by atoms with Crippen LogP contribution in [0.3, 0.4) is 0 Å². The number of rotatable bonds is 4. The van der Waals surface area contributed by atoms with Crippen molar-refractivity contribution in [3.05, 3.63) is 27.7 Å². The number of nitrogens with one attached hydrogen (secondary N) is 1. The first kappa shape index (κ1) is 20.4. The smallest absolute Gasteiger partial charge is 0.410 e. The van der Waals surface area contributed by atoms with Crippen molar-refractivity contribution >= 4 is 12.0 Å². The van der Waals surface area contributed by atoms with E-state index in [1.807, 2.05) is 0 Å². The van der Waals surface area contributed by atoms with Gasteiger partial charge < -0.3 is 15.0 Å². The van der Waals surface area contributed by atoms with Crippen LogP contribution in [-0.2, 0) is 29.0 Å². The highest BCUT2D eigenvalue weighted by Crippen LogP contribution is 2.18. The van der Waals surface area contributed by atoms with E-state index in [9.17, 15) is 14.4 Å². The standard InChI is InChI=1S/C20H30N4O4/c1-2-28-20(27)23-11-10-17-15(13-23)12-19(26)24(22-17)14-18(25)21-16-8-6-4-3-5-7-9-16/h12,16H,2-11,13-14H2,1H3,(H,21,25). The molecule has 0 bridgehead atoms. The van der Waals surface area contributed by atoms with Crippen molar-refractivity contribution in [2.75, 3.05) is 13.2 Å². The van der Waals surface area contributed by atoms with Crippen LogP contribution in [0.1, 0.15) is 63.1 Å². The molecule has 0 radical (unpaired) electrons. The molecule has 1 aromatic rings. The van der Waals surface area contributed by atoms with Crippen LogP contribution < -0.4 is 10.9 Å². The summed E-state index contributed by atoms with van der Waals surface area (Å²) < 4.78 is 6.26. The summed E-state index contributed by atoms with van der Waals surface area (Å²) >= 11 is 0. The molecule has 8 heteroatoms. The molecule has 1 N–H and O–H groups in total. The molecule has 1 aromatic heterocycles. The molecule has 0 spiro atoms. The van der Waals surface area contributed by atoms with Crippen molar-refractivity contribution in [2.24, 2.45) is 0 Å². The third-order valence-corrected chi connectivity index (χ3v) is 5.43. The molecule has 1 saturated carbocycles. The Balaban J connectivity index is 1.61. The zero-order chi connectivity index (χ0) is 19.9. The number of aromatic nitrogens is 2. The molecule has 0 aromatic carbocycles. The van der Waals surface area contributed by atoms with E-state index in [1.165, 1.54) is 30.0 Å². The van der Waals surface area contributed by atoms with Crippen molar-refractivity contribution in [2.45, 2.75) is 77.4 Å². The van der Waals surface area contributed by atoms with Gasteiger partial charge in [0, 0.05) is 30.6 Å². The van der Waals surface area contributed by atoms with E-state index in [1.54, 1.807) is 11.8 Å².